The SMILES string of the molecule is CC1=Cc2c(cc3c(c2-c2cc(C)ccc2C)CCC3)C1S(C)(C)C1C(C)=C(C)C(C)=C1C. The van der Waals surface area contributed by atoms with Gasteiger partial charge in [0.15, 0.2) is 0 Å². The smallest absolute Gasteiger partial charge is 0.0361 e. The molecular formula is C32H40S. The van der Waals surface area contributed by atoms with Crippen molar-refractivity contribution in [2.75, 3.05) is 12.5 Å². The van der Waals surface area contributed by atoms with Gasteiger partial charge in [0.2, 0.25) is 0 Å². The average Bonchev–Trinajstić information content (AvgIpc) is 3.40. The van der Waals surface area contributed by atoms with Crippen LogP contribution in [-0.4, -0.2) is 17.8 Å². The first kappa shape index (κ1) is 22.8. The Balaban J connectivity index is 1.74. The summed E-state index contributed by atoms with van der Waals surface area (Å²) < 4.78 is 0. The van der Waals surface area contributed by atoms with Crippen LogP contribution in [0.25, 0.3) is 17.2 Å². The number of hydrogen-bond acceptors (Lipinski definition) is 0. The van der Waals surface area contributed by atoms with Crippen LogP contribution in [0.3, 0.4) is 0 Å². The zero-order valence-corrected chi connectivity index (χ0v) is 22.9. The van der Waals surface area contributed by atoms with E-state index in [4.69, 9.17) is 0 Å². The van der Waals surface area contributed by atoms with Gasteiger partial charge in [-0.3, -0.25) is 0 Å². The second kappa shape index (κ2) is 7.77. The zero-order chi connectivity index (χ0) is 23.8. The van der Waals surface area contributed by atoms with E-state index in [1.807, 2.05) is 0 Å². The monoisotopic (exact) mass is 456 g/mol. The highest BCUT2D eigenvalue weighted by atomic mass is 32.3. The van der Waals surface area contributed by atoms with E-state index < -0.39 is 10.0 Å². The van der Waals surface area contributed by atoms with E-state index in [-0.39, 0.29) is 0 Å². The van der Waals surface area contributed by atoms with Crippen LogP contribution in [0.4, 0.5) is 0 Å². The van der Waals surface area contributed by atoms with Gasteiger partial charge in [-0.05, 0) is 130 Å². The van der Waals surface area contributed by atoms with Crippen LogP contribution in [0.5, 0.6) is 0 Å². The highest BCUT2D eigenvalue weighted by molar-refractivity contribution is 8.33. The minimum Gasteiger partial charge on any atom is -0.226 e. The lowest BCUT2D eigenvalue weighted by Gasteiger charge is -2.46. The van der Waals surface area contributed by atoms with Crippen molar-refractivity contribution in [3.05, 3.63) is 85.5 Å². The molecule has 1 atom stereocenters. The zero-order valence-electron chi connectivity index (χ0n) is 22.1. The molecule has 0 N–H and O–H groups in total. The molecule has 3 aliphatic rings. The molecule has 0 bridgehead atoms. The highest BCUT2D eigenvalue weighted by Gasteiger charge is 2.43. The van der Waals surface area contributed by atoms with Crippen LogP contribution in [0, 0.1) is 13.8 Å². The van der Waals surface area contributed by atoms with Gasteiger partial charge in [-0.25, -0.2) is 10.0 Å². The largest absolute Gasteiger partial charge is 0.226 e. The summed E-state index contributed by atoms with van der Waals surface area (Å²) in [5.74, 6) is 0. The molecular weight excluding hydrogens is 416 g/mol. The summed E-state index contributed by atoms with van der Waals surface area (Å²) in [6, 6.07) is 9.64. The molecule has 0 aliphatic heterocycles. The van der Waals surface area contributed by atoms with Gasteiger partial charge in [0.1, 0.15) is 0 Å². The fraction of sp³-hybridized carbons (Fsp3) is 0.438. The molecule has 174 valence electrons. The highest BCUT2D eigenvalue weighted by Crippen LogP contribution is 2.69. The molecule has 2 aromatic carbocycles. The van der Waals surface area contributed by atoms with E-state index in [1.165, 1.54) is 52.7 Å². The summed E-state index contributed by atoms with van der Waals surface area (Å²) in [5.41, 5.74) is 20.0. The maximum absolute atomic E-state index is 2.63. The standard InChI is InChI=1S/C32H40S/c1-18-13-14-19(2)27(15-18)30-26-12-10-11-25(26)17-29-28(30)16-20(3)31(29)33(8,9)32-23(6)21(4)22(5)24(32)7/h13-17,31-32H,10-12H2,1-9H3. The first-order chi connectivity index (χ1) is 15.5. The van der Waals surface area contributed by atoms with Crippen molar-refractivity contribution in [1.29, 1.82) is 0 Å². The molecule has 3 aliphatic carbocycles. The van der Waals surface area contributed by atoms with Crippen molar-refractivity contribution in [3.8, 4) is 11.1 Å². The Morgan fingerprint density at radius 3 is 2.12 bits per heavy atom. The molecule has 2 aromatic rings. The third-order valence-corrected chi connectivity index (χ3v) is 12.7. The Bertz CT molecular complexity index is 1250. The van der Waals surface area contributed by atoms with Gasteiger partial charge >= 0.3 is 0 Å². The molecule has 0 fully saturated rings. The molecule has 1 heteroatoms. The van der Waals surface area contributed by atoms with Crippen molar-refractivity contribution >= 4 is 16.1 Å². The van der Waals surface area contributed by atoms with E-state index in [2.05, 4.69) is 91.3 Å². The van der Waals surface area contributed by atoms with Gasteiger partial charge in [0.25, 0.3) is 0 Å². The molecule has 0 saturated carbocycles. The van der Waals surface area contributed by atoms with Gasteiger partial charge in [-0.2, -0.15) is 0 Å². The molecule has 0 aromatic heterocycles. The second-order valence-electron chi connectivity index (χ2n) is 11.3. The topological polar surface area (TPSA) is 0 Å². The molecule has 0 nitrogen and oxygen atoms in total. The van der Waals surface area contributed by atoms with Crippen molar-refractivity contribution in [2.45, 2.75) is 78.2 Å². The van der Waals surface area contributed by atoms with E-state index in [1.54, 1.807) is 39.0 Å². The van der Waals surface area contributed by atoms with Crippen LogP contribution in [-0.2, 0) is 12.8 Å². The minimum absolute atomic E-state index is 0.538. The van der Waals surface area contributed by atoms with Crippen molar-refractivity contribution < 1.29 is 0 Å². The average molecular weight is 457 g/mol. The predicted octanol–water partition coefficient (Wildman–Crippen LogP) is 9.04. The van der Waals surface area contributed by atoms with Crippen molar-refractivity contribution in [2.24, 2.45) is 0 Å². The van der Waals surface area contributed by atoms with Crippen LogP contribution in [0.1, 0.15) is 79.7 Å². The summed E-state index contributed by atoms with van der Waals surface area (Å²) >= 11 is 0. The van der Waals surface area contributed by atoms with Gasteiger partial charge in [0, 0.05) is 10.5 Å². The normalized spacial score (nSPS) is 21.1. The van der Waals surface area contributed by atoms with Gasteiger partial charge in [0.05, 0.1) is 0 Å². The molecule has 0 heterocycles. The molecule has 33 heavy (non-hydrogen) atoms. The van der Waals surface area contributed by atoms with E-state index in [0.29, 0.717) is 10.5 Å². The lowest BCUT2D eigenvalue weighted by molar-refractivity contribution is 0.911. The van der Waals surface area contributed by atoms with Crippen LogP contribution in [0.2, 0.25) is 0 Å². The van der Waals surface area contributed by atoms with Gasteiger partial charge in [-0.1, -0.05) is 52.6 Å². The Morgan fingerprint density at radius 1 is 0.788 bits per heavy atom. The van der Waals surface area contributed by atoms with Crippen LogP contribution < -0.4 is 0 Å². The Labute approximate surface area is 203 Å². The van der Waals surface area contributed by atoms with Crippen LogP contribution in [0.15, 0.2) is 52.1 Å². The number of hydrogen-bond donors (Lipinski definition) is 0. The quantitative estimate of drug-likeness (QED) is 0.432. The summed E-state index contributed by atoms with van der Waals surface area (Å²) in [7, 11) is -0.984. The maximum atomic E-state index is 2.63. The lowest BCUT2D eigenvalue weighted by Crippen LogP contribution is -2.23. The molecule has 5 rings (SSSR count). The first-order valence-electron chi connectivity index (χ1n) is 12.5. The minimum atomic E-state index is -0.984. The predicted molar refractivity (Wildman–Crippen MR) is 150 cm³/mol. The summed E-state index contributed by atoms with van der Waals surface area (Å²) in [4.78, 5) is 0. The van der Waals surface area contributed by atoms with E-state index in [0.717, 1.165) is 0 Å². The number of rotatable bonds is 3. The summed E-state index contributed by atoms with van der Waals surface area (Å²) in [5, 5.41) is 1.13. The third-order valence-electron chi connectivity index (χ3n) is 8.95. The maximum Gasteiger partial charge on any atom is 0.0361 e. The summed E-state index contributed by atoms with van der Waals surface area (Å²) in [6.07, 6.45) is 11.5. The van der Waals surface area contributed by atoms with Crippen LogP contribution >= 0.6 is 10.0 Å². The summed E-state index contributed by atoms with van der Waals surface area (Å²) in [6.45, 7) is 16.4. The van der Waals surface area contributed by atoms with Crippen molar-refractivity contribution in [1.82, 2.24) is 0 Å². The third kappa shape index (κ3) is 3.26. The van der Waals surface area contributed by atoms with Crippen molar-refractivity contribution in [3.63, 3.8) is 0 Å². The number of fused-ring (bicyclic) bond motifs is 2. The Morgan fingerprint density at radius 2 is 1.45 bits per heavy atom. The molecule has 0 saturated heterocycles. The molecule has 1 unspecified atom stereocenters. The van der Waals surface area contributed by atoms with Gasteiger partial charge < -0.3 is 0 Å². The van der Waals surface area contributed by atoms with E-state index in [9.17, 15) is 0 Å². The Hall–Kier alpha value is -1.99. The first-order valence-corrected chi connectivity index (χ1v) is 15.1. The lowest BCUT2D eigenvalue weighted by atomic mass is 9.87. The molecule has 0 radical (unpaired) electrons. The van der Waals surface area contributed by atoms with Gasteiger partial charge in [-0.15, -0.1) is 0 Å². The number of aryl methyl sites for hydroxylation is 3. The molecule has 0 amide bonds. The fourth-order valence-corrected chi connectivity index (χ4v) is 11.5. The number of allylic oxidation sites excluding steroid dienone is 2. The Kier molecular flexibility index (Phi) is 5.37. The molecule has 0 spiro atoms. The van der Waals surface area contributed by atoms with E-state index >= 15 is 0 Å². The second-order valence-corrected chi connectivity index (χ2v) is 15.2. The number of benzene rings is 2. The fourth-order valence-electron chi connectivity index (χ4n) is 7.18.